The van der Waals surface area contributed by atoms with Gasteiger partial charge in [0.2, 0.25) is 0 Å². The van der Waals surface area contributed by atoms with E-state index < -0.39 is 6.10 Å². The maximum Gasteiger partial charge on any atom is 0.306 e. The molecule has 0 bridgehead atoms. The van der Waals surface area contributed by atoms with Crippen molar-refractivity contribution in [2.24, 2.45) is 0 Å². The molecule has 0 saturated heterocycles. The van der Waals surface area contributed by atoms with E-state index in [1.165, 1.54) is 263 Å². The average molecular weight is 1110 g/mol. The molecule has 0 rings (SSSR count). The fraction of sp³-hybridized carbons (Fsp3) is 0.849. The lowest BCUT2D eigenvalue weighted by molar-refractivity contribution is -0.167. The van der Waals surface area contributed by atoms with E-state index in [1.54, 1.807) is 0 Å². The number of esters is 3. The van der Waals surface area contributed by atoms with Gasteiger partial charge in [0.25, 0.3) is 0 Å². The topological polar surface area (TPSA) is 78.9 Å². The van der Waals surface area contributed by atoms with Gasteiger partial charge < -0.3 is 14.2 Å². The van der Waals surface area contributed by atoms with Crippen LogP contribution in [-0.2, 0) is 28.6 Å². The Morgan fingerprint density at radius 3 is 0.734 bits per heavy atom. The summed E-state index contributed by atoms with van der Waals surface area (Å²) in [5.41, 5.74) is 0. The van der Waals surface area contributed by atoms with Gasteiger partial charge in [-0.3, -0.25) is 14.4 Å². The second-order valence-electron chi connectivity index (χ2n) is 23.8. The molecule has 79 heavy (non-hydrogen) atoms. The number of allylic oxidation sites excluding steroid dienone is 8. The van der Waals surface area contributed by atoms with E-state index in [-0.39, 0.29) is 31.1 Å². The zero-order valence-electron chi connectivity index (χ0n) is 53.2. The molecular weight excluding hydrogens is 973 g/mol. The quantitative estimate of drug-likeness (QED) is 0.0261. The molecule has 0 aromatic carbocycles. The first-order valence-corrected chi connectivity index (χ1v) is 35.1. The van der Waals surface area contributed by atoms with E-state index in [0.717, 1.165) is 77.0 Å². The Morgan fingerprint density at radius 2 is 0.456 bits per heavy atom. The van der Waals surface area contributed by atoms with Crippen molar-refractivity contribution in [3.63, 3.8) is 0 Å². The van der Waals surface area contributed by atoms with Gasteiger partial charge in [-0.15, -0.1) is 0 Å². The van der Waals surface area contributed by atoms with Gasteiger partial charge in [-0.05, 0) is 103 Å². The van der Waals surface area contributed by atoms with E-state index in [1.807, 2.05) is 0 Å². The highest BCUT2D eigenvalue weighted by atomic mass is 16.6. The predicted molar refractivity (Wildman–Crippen MR) is 344 cm³/mol. The molecule has 0 saturated carbocycles. The van der Waals surface area contributed by atoms with Crippen LogP contribution in [0.5, 0.6) is 0 Å². The monoisotopic (exact) mass is 1110 g/mol. The summed E-state index contributed by atoms with van der Waals surface area (Å²) in [7, 11) is 0. The fourth-order valence-corrected chi connectivity index (χ4v) is 10.5. The molecule has 0 radical (unpaired) electrons. The van der Waals surface area contributed by atoms with Crippen LogP contribution in [-0.4, -0.2) is 37.2 Å². The number of hydrogen-bond acceptors (Lipinski definition) is 6. The van der Waals surface area contributed by atoms with Crippen LogP contribution in [0.4, 0.5) is 0 Å². The van der Waals surface area contributed by atoms with E-state index >= 15 is 0 Å². The van der Waals surface area contributed by atoms with Gasteiger partial charge in [0, 0.05) is 19.3 Å². The van der Waals surface area contributed by atoms with Crippen molar-refractivity contribution in [1.82, 2.24) is 0 Å². The van der Waals surface area contributed by atoms with Crippen molar-refractivity contribution in [1.29, 1.82) is 0 Å². The molecule has 0 fully saturated rings. The van der Waals surface area contributed by atoms with E-state index in [2.05, 4.69) is 69.4 Å². The smallest absolute Gasteiger partial charge is 0.306 e. The summed E-state index contributed by atoms with van der Waals surface area (Å²) < 4.78 is 17.0. The Bertz CT molecular complexity index is 1360. The van der Waals surface area contributed by atoms with Crippen molar-refractivity contribution >= 4 is 17.9 Å². The second kappa shape index (κ2) is 67.9. The number of hydrogen-bond donors (Lipinski definition) is 0. The van der Waals surface area contributed by atoms with Crippen molar-refractivity contribution in [3.05, 3.63) is 48.6 Å². The zero-order chi connectivity index (χ0) is 57.1. The van der Waals surface area contributed by atoms with Crippen LogP contribution in [0.15, 0.2) is 48.6 Å². The molecule has 0 heterocycles. The van der Waals surface area contributed by atoms with Gasteiger partial charge in [-0.1, -0.05) is 307 Å². The zero-order valence-corrected chi connectivity index (χ0v) is 53.2. The Hall–Kier alpha value is -2.63. The maximum absolute atomic E-state index is 12.9. The van der Waals surface area contributed by atoms with Crippen LogP contribution >= 0.6 is 0 Å². The summed E-state index contributed by atoms with van der Waals surface area (Å²) in [4.78, 5) is 38.4. The third-order valence-electron chi connectivity index (χ3n) is 15.8. The van der Waals surface area contributed by atoms with Crippen LogP contribution in [0, 0.1) is 0 Å². The highest BCUT2D eigenvalue weighted by Crippen LogP contribution is 2.18. The van der Waals surface area contributed by atoms with Crippen LogP contribution in [0.25, 0.3) is 0 Å². The third kappa shape index (κ3) is 66.1. The van der Waals surface area contributed by atoms with Crippen LogP contribution in [0.1, 0.15) is 380 Å². The second-order valence-corrected chi connectivity index (χ2v) is 23.8. The number of carbonyl (C=O) groups excluding carboxylic acids is 3. The molecule has 1 unspecified atom stereocenters. The van der Waals surface area contributed by atoms with Gasteiger partial charge in [0.15, 0.2) is 6.10 Å². The SMILES string of the molecule is CCCCC/C=C\C/C=C\CCCCCCCC(=O)OCC(COC(=O)CCCCCCCCCCCCCCCCC/C=C\CCCCCCCCCC)OC(=O)CCCCCCCCCCC/C=C\CCCCCCCC. The molecule has 0 spiro atoms. The molecule has 0 aliphatic rings. The number of unbranched alkanes of at least 4 members (excludes halogenated alkanes) is 46. The molecule has 6 heteroatoms. The first kappa shape index (κ1) is 76.4. The molecule has 0 aromatic heterocycles. The minimum Gasteiger partial charge on any atom is -0.462 e. The normalized spacial score (nSPS) is 12.3. The summed E-state index contributed by atoms with van der Waals surface area (Å²) in [6.07, 6.45) is 85.6. The summed E-state index contributed by atoms with van der Waals surface area (Å²) in [5, 5.41) is 0. The van der Waals surface area contributed by atoms with Gasteiger partial charge in [-0.25, -0.2) is 0 Å². The van der Waals surface area contributed by atoms with Crippen molar-refractivity contribution in [3.8, 4) is 0 Å². The highest BCUT2D eigenvalue weighted by molar-refractivity contribution is 5.71. The Kier molecular flexibility index (Phi) is 65.6. The van der Waals surface area contributed by atoms with E-state index in [9.17, 15) is 14.4 Å². The molecule has 6 nitrogen and oxygen atoms in total. The minimum absolute atomic E-state index is 0.0750. The molecule has 1 atom stereocenters. The summed E-state index contributed by atoms with van der Waals surface area (Å²) >= 11 is 0. The molecular formula is C73H134O6. The van der Waals surface area contributed by atoms with E-state index in [4.69, 9.17) is 14.2 Å². The average Bonchev–Trinajstić information content (AvgIpc) is 3.45. The molecule has 0 aromatic rings. The van der Waals surface area contributed by atoms with E-state index in [0.29, 0.717) is 19.3 Å². The van der Waals surface area contributed by atoms with Crippen LogP contribution in [0.2, 0.25) is 0 Å². The van der Waals surface area contributed by atoms with Crippen molar-refractivity contribution < 1.29 is 28.6 Å². The van der Waals surface area contributed by atoms with Gasteiger partial charge in [0.05, 0.1) is 0 Å². The highest BCUT2D eigenvalue weighted by Gasteiger charge is 2.19. The minimum atomic E-state index is -0.780. The lowest BCUT2D eigenvalue weighted by atomic mass is 10.0. The van der Waals surface area contributed by atoms with Crippen molar-refractivity contribution in [2.75, 3.05) is 13.2 Å². The third-order valence-corrected chi connectivity index (χ3v) is 15.8. The summed E-state index contributed by atoms with van der Waals surface area (Å²) in [5.74, 6) is -0.867. The predicted octanol–water partition coefficient (Wildman–Crippen LogP) is 24.1. The fourth-order valence-electron chi connectivity index (χ4n) is 10.5. The molecule has 462 valence electrons. The molecule has 0 aliphatic heterocycles. The summed E-state index contributed by atoms with van der Waals surface area (Å²) in [6.45, 7) is 6.66. The van der Waals surface area contributed by atoms with Crippen LogP contribution < -0.4 is 0 Å². The van der Waals surface area contributed by atoms with Gasteiger partial charge in [-0.2, -0.15) is 0 Å². The largest absolute Gasteiger partial charge is 0.462 e. The Balaban J connectivity index is 4.26. The molecule has 0 amide bonds. The first-order chi connectivity index (χ1) is 39.0. The lowest BCUT2D eigenvalue weighted by Gasteiger charge is -2.18. The van der Waals surface area contributed by atoms with Crippen molar-refractivity contribution in [2.45, 2.75) is 386 Å². The maximum atomic E-state index is 12.9. The molecule has 0 aliphatic carbocycles. The van der Waals surface area contributed by atoms with Gasteiger partial charge >= 0.3 is 17.9 Å². The Morgan fingerprint density at radius 1 is 0.253 bits per heavy atom. The number of ether oxygens (including phenoxy) is 3. The summed E-state index contributed by atoms with van der Waals surface area (Å²) in [6, 6.07) is 0. The first-order valence-electron chi connectivity index (χ1n) is 35.1. The van der Waals surface area contributed by atoms with Gasteiger partial charge in [0.1, 0.15) is 13.2 Å². The molecule has 0 N–H and O–H groups in total. The lowest BCUT2D eigenvalue weighted by Crippen LogP contribution is -2.30. The number of carbonyl (C=O) groups is 3. The Labute approximate surface area is 492 Å². The number of rotatable bonds is 65. The standard InChI is InChI=1S/C73H134O6/c1-4-7-10-13-16-19-22-25-28-30-32-33-34-35-36-37-38-39-41-42-45-48-51-54-57-60-63-66-72(75)78-69-70(68-77-71(74)65-62-59-56-53-50-47-44-27-24-21-18-15-12-9-6-3)79-73(76)67-64-61-58-55-52-49-46-43-40-31-29-26-23-20-17-14-11-8-5-2/h18,21,26-27,29-30,32,44,70H,4-17,19-20,22-25,28,31,33-43,45-69H2,1-3H3/b21-18-,29-26-,32-30-,44-27-. The van der Waals surface area contributed by atoms with Crippen LogP contribution in [0.3, 0.4) is 0 Å².